The fourth-order valence-corrected chi connectivity index (χ4v) is 2.02. The summed E-state index contributed by atoms with van der Waals surface area (Å²) >= 11 is 1.18. The first-order valence-electron chi connectivity index (χ1n) is 5.12. The van der Waals surface area contributed by atoms with Crippen molar-refractivity contribution in [1.29, 1.82) is 0 Å². The van der Waals surface area contributed by atoms with Gasteiger partial charge in [0.25, 0.3) is 0 Å². The number of hydrogen-bond acceptors (Lipinski definition) is 3. The third-order valence-electron chi connectivity index (χ3n) is 1.93. The lowest BCUT2D eigenvalue weighted by Crippen LogP contribution is -2.29. The van der Waals surface area contributed by atoms with Gasteiger partial charge < -0.3 is 10.4 Å². The van der Waals surface area contributed by atoms with Crippen molar-refractivity contribution >= 4 is 29.3 Å². The van der Waals surface area contributed by atoms with E-state index in [9.17, 15) is 22.8 Å². The summed E-state index contributed by atoms with van der Waals surface area (Å²) < 4.78 is 36.1. The third-order valence-corrected chi connectivity index (χ3v) is 2.93. The van der Waals surface area contributed by atoms with Gasteiger partial charge in [-0.3, -0.25) is 9.59 Å². The van der Waals surface area contributed by atoms with E-state index < -0.39 is 18.1 Å². The van der Waals surface area contributed by atoms with E-state index in [0.29, 0.717) is 10.6 Å². The quantitative estimate of drug-likeness (QED) is 0.819. The van der Waals surface area contributed by atoms with Crippen LogP contribution in [-0.2, 0) is 9.59 Å². The van der Waals surface area contributed by atoms with E-state index in [4.69, 9.17) is 5.11 Å². The van der Waals surface area contributed by atoms with Gasteiger partial charge in [-0.25, -0.2) is 0 Å². The van der Waals surface area contributed by atoms with Gasteiger partial charge >= 0.3 is 18.1 Å². The number of anilines is 1. The van der Waals surface area contributed by atoms with Crippen molar-refractivity contribution in [3.8, 4) is 0 Å². The molecule has 2 N–H and O–H groups in total. The zero-order chi connectivity index (χ0) is 14.5. The van der Waals surface area contributed by atoms with E-state index in [-0.39, 0.29) is 12.1 Å². The van der Waals surface area contributed by atoms with E-state index >= 15 is 0 Å². The van der Waals surface area contributed by atoms with Crippen LogP contribution in [0.15, 0.2) is 29.2 Å². The first-order chi connectivity index (χ1) is 8.79. The lowest BCUT2D eigenvalue weighted by molar-refractivity contribution is -0.167. The van der Waals surface area contributed by atoms with Gasteiger partial charge in [-0.2, -0.15) is 13.2 Å². The predicted molar refractivity (Wildman–Crippen MR) is 64.1 cm³/mol. The Morgan fingerprint density at radius 3 is 2.58 bits per heavy atom. The number of halogens is 3. The second-order valence-corrected chi connectivity index (χ2v) is 4.64. The lowest BCUT2D eigenvalue weighted by Gasteiger charge is -2.09. The first-order valence-corrected chi connectivity index (χ1v) is 6.10. The normalized spacial score (nSPS) is 11.1. The molecule has 0 saturated heterocycles. The smallest absolute Gasteiger partial charge is 0.471 e. The molecule has 4 nitrogen and oxygen atoms in total. The summed E-state index contributed by atoms with van der Waals surface area (Å²) in [5, 5.41) is 10.2. The standard InChI is InChI=1S/C11H10F3NO3S/c12-11(13,14)10(18)15-7-2-1-3-8(6-7)19-5-4-9(16)17/h1-3,6H,4-5H2,(H,15,18)(H,16,17). The molecule has 0 heterocycles. The number of thioether (sulfide) groups is 1. The Hall–Kier alpha value is -1.70. The third kappa shape index (κ3) is 5.64. The number of carbonyl (C=O) groups excluding carboxylic acids is 1. The summed E-state index contributed by atoms with van der Waals surface area (Å²) in [6, 6.07) is 5.78. The number of carboxylic acids is 1. The summed E-state index contributed by atoms with van der Waals surface area (Å²) in [6.45, 7) is 0. The second kappa shape index (κ2) is 6.46. The number of aliphatic carboxylic acids is 1. The van der Waals surface area contributed by atoms with Crippen molar-refractivity contribution in [3.63, 3.8) is 0 Å². The zero-order valence-electron chi connectivity index (χ0n) is 9.53. The molecule has 104 valence electrons. The first kappa shape index (κ1) is 15.4. The van der Waals surface area contributed by atoms with Crippen LogP contribution >= 0.6 is 11.8 Å². The molecule has 1 rings (SSSR count). The highest BCUT2D eigenvalue weighted by Gasteiger charge is 2.38. The molecule has 0 saturated carbocycles. The van der Waals surface area contributed by atoms with Gasteiger partial charge in [-0.1, -0.05) is 6.07 Å². The summed E-state index contributed by atoms with van der Waals surface area (Å²) in [5.41, 5.74) is 0.0163. The van der Waals surface area contributed by atoms with Gasteiger partial charge in [0.2, 0.25) is 0 Å². The highest BCUT2D eigenvalue weighted by atomic mass is 32.2. The molecule has 1 aromatic rings. The van der Waals surface area contributed by atoms with Crippen LogP contribution in [0.5, 0.6) is 0 Å². The SMILES string of the molecule is O=C(O)CCSc1cccc(NC(=O)C(F)(F)F)c1. The Bertz CT molecular complexity index is 476. The Labute approximate surface area is 111 Å². The van der Waals surface area contributed by atoms with E-state index in [1.165, 1.54) is 30.0 Å². The Morgan fingerprint density at radius 2 is 2.00 bits per heavy atom. The van der Waals surface area contributed by atoms with E-state index in [2.05, 4.69) is 0 Å². The van der Waals surface area contributed by atoms with Crippen LogP contribution in [0.25, 0.3) is 0 Å². The predicted octanol–water partition coefficient (Wildman–Crippen LogP) is 2.75. The van der Waals surface area contributed by atoms with Gasteiger partial charge in [0.05, 0.1) is 6.42 Å². The molecular weight excluding hydrogens is 283 g/mol. The van der Waals surface area contributed by atoms with E-state index in [0.717, 1.165) is 0 Å². The molecule has 0 aromatic heterocycles. The minimum absolute atomic E-state index is 0.0163. The summed E-state index contributed by atoms with van der Waals surface area (Å²) in [6.07, 6.45) is -4.99. The van der Waals surface area contributed by atoms with Crippen LogP contribution < -0.4 is 5.32 Å². The molecule has 0 atom stereocenters. The van der Waals surface area contributed by atoms with Crippen molar-refractivity contribution in [3.05, 3.63) is 24.3 Å². The van der Waals surface area contributed by atoms with Gasteiger partial charge in [0.1, 0.15) is 0 Å². The molecule has 0 radical (unpaired) electrons. The molecule has 19 heavy (non-hydrogen) atoms. The van der Waals surface area contributed by atoms with Gasteiger partial charge in [-0.15, -0.1) is 11.8 Å². The molecule has 0 spiro atoms. The van der Waals surface area contributed by atoms with E-state index in [1.807, 2.05) is 0 Å². The van der Waals surface area contributed by atoms with Gasteiger partial charge in [0, 0.05) is 16.3 Å². The van der Waals surface area contributed by atoms with Crippen molar-refractivity contribution < 1.29 is 27.9 Å². The summed E-state index contributed by atoms with van der Waals surface area (Å²) in [5.74, 6) is -2.69. The highest BCUT2D eigenvalue weighted by Crippen LogP contribution is 2.24. The fourth-order valence-electron chi connectivity index (χ4n) is 1.12. The molecule has 0 aliphatic heterocycles. The average molecular weight is 293 g/mol. The van der Waals surface area contributed by atoms with Crippen LogP contribution in [0, 0.1) is 0 Å². The second-order valence-electron chi connectivity index (χ2n) is 3.47. The average Bonchev–Trinajstić information content (AvgIpc) is 2.27. The number of benzene rings is 1. The maximum Gasteiger partial charge on any atom is 0.471 e. The maximum atomic E-state index is 12.0. The van der Waals surface area contributed by atoms with Crippen molar-refractivity contribution in [2.75, 3.05) is 11.1 Å². The number of carboxylic acid groups (broad SMARTS) is 1. The number of amides is 1. The molecule has 0 unspecified atom stereocenters. The largest absolute Gasteiger partial charge is 0.481 e. The maximum absolute atomic E-state index is 12.0. The molecule has 0 aliphatic rings. The van der Waals surface area contributed by atoms with Crippen LogP contribution in [0.2, 0.25) is 0 Å². The number of alkyl halides is 3. The van der Waals surface area contributed by atoms with Crippen molar-refractivity contribution in [2.24, 2.45) is 0 Å². The minimum atomic E-state index is -4.94. The van der Waals surface area contributed by atoms with Gasteiger partial charge in [-0.05, 0) is 18.2 Å². The summed E-state index contributed by atoms with van der Waals surface area (Å²) in [4.78, 5) is 21.6. The highest BCUT2D eigenvalue weighted by molar-refractivity contribution is 7.99. The summed E-state index contributed by atoms with van der Waals surface area (Å²) in [7, 11) is 0. The van der Waals surface area contributed by atoms with Crippen molar-refractivity contribution in [2.45, 2.75) is 17.5 Å². The Balaban J connectivity index is 2.62. The number of hydrogen-bond donors (Lipinski definition) is 2. The molecule has 0 aliphatic carbocycles. The molecule has 1 aromatic carbocycles. The molecular formula is C11H10F3NO3S. The van der Waals surface area contributed by atoms with E-state index in [1.54, 1.807) is 11.4 Å². The number of carbonyl (C=O) groups is 2. The molecule has 0 fully saturated rings. The van der Waals surface area contributed by atoms with Crippen LogP contribution in [0.4, 0.5) is 18.9 Å². The molecule has 0 bridgehead atoms. The molecule has 8 heteroatoms. The zero-order valence-corrected chi connectivity index (χ0v) is 10.3. The fraction of sp³-hybridized carbons (Fsp3) is 0.273. The Morgan fingerprint density at radius 1 is 1.32 bits per heavy atom. The van der Waals surface area contributed by atoms with Crippen LogP contribution in [-0.4, -0.2) is 28.9 Å². The molecule has 1 amide bonds. The number of rotatable bonds is 5. The Kier molecular flexibility index (Phi) is 5.22. The topological polar surface area (TPSA) is 66.4 Å². The minimum Gasteiger partial charge on any atom is -0.481 e. The van der Waals surface area contributed by atoms with Crippen LogP contribution in [0.3, 0.4) is 0 Å². The van der Waals surface area contributed by atoms with Crippen LogP contribution in [0.1, 0.15) is 6.42 Å². The van der Waals surface area contributed by atoms with Crippen molar-refractivity contribution in [1.82, 2.24) is 0 Å². The monoisotopic (exact) mass is 293 g/mol. The number of nitrogens with one attached hydrogen (secondary N) is 1. The lowest BCUT2D eigenvalue weighted by atomic mass is 10.3. The van der Waals surface area contributed by atoms with Gasteiger partial charge in [0.15, 0.2) is 0 Å².